The molecular weight excluding hydrogens is 338 g/mol. The first kappa shape index (κ1) is 11.7. The van der Waals surface area contributed by atoms with E-state index in [2.05, 4.69) is 32.1 Å². The van der Waals surface area contributed by atoms with Crippen molar-refractivity contribution in [2.75, 3.05) is 6.61 Å². The zero-order valence-corrected chi connectivity index (χ0v) is 11.7. The summed E-state index contributed by atoms with van der Waals surface area (Å²) in [5.74, 6) is -0.327. The molecule has 0 spiro atoms. The molecule has 0 bridgehead atoms. The highest BCUT2D eigenvalue weighted by molar-refractivity contribution is 9.10. The van der Waals surface area contributed by atoms with Crippen molar-refractivity contribution in [2.45, 2.75) is 6.92 Å². The maximum atomic E-state index is 11.6. The average molecular weight is 347 g/mol. The van der Waals surface area contributed by atoms with Crippen LogP contribution in [0.1, 0.15) is 17.4 Å². The second kappa shape index (κ2) is 4.59. The number of esters is 1. The second-order valence-electron chi connectivity index (χ2n) is 3.23. The summed E-state index contributed by atoms with van der Waals surface area (Å²) in [5.41, 5.74) is 1.43. The first-order valence-corrected chi connectivity index (χ1v) is 6.28. The predicted molar refractivity (Wildman–Crippen MR) is 69.9 cm³/mol. The number of carbonyl (C=O) groups is 1. The van der Waals surface area contributed by atoms with Crippen LogP contribution in [0.15, 0.2) is 28.7 Å². The van der Waals surface area contributed by atoms with Gasteiger partial charge in [0.1, 0.15) is 5.69 Å². The molecule has 0 saturated heterocycles. The summed E-state index contributed by atoms with van der Waals surface area (Å²) in [4.78, 5) is 11.6. The van der Waals surface area contributed by atoms with Crippen LogP contribution in [0.4, 0.5) is 0 Å². The molecule has 1 aromatic carbocycles. The van der Waals surface area contributed by atoms with E-state index in [9.17, 15) is 4.79 Å². The number of hydrogen-bond acceptors (Lipinski definition) is 2. The Bertz CT molecular complexity index is 548. The molecule has 0 radical (unpaired) electrons. The van der Waals surface area contributed by atoms with E-state index in [1.807, 2.05) is 18.2 Å². The van der Waals surface area contributed by atoms with Gasteiger partial charge in [-0.3, -0.25) is 3.59 Å². The van der Waals surface area contributed by atoms with Crippen molar-refractivity contribution in [3.05, 3.63) is 34.4 Å². The monoisotopic (exact) mass is 345 g/mol. The molecule has 0 unspecified atom stereocenters. The highest BCUT2D eigenvalue weighted by Crippen LogP contribution is 2.25. The third-order valence-corrected chi connectivity index (χ3v) is 3.45. The molecule has 0 aliphatic carbocycles. The van der Waals surface area contributed by atoms with Gasteiger partial charge in [0, 0.05) is 9.86 Å². The zero-order valence-electron chi connectivity index (χ0n) is 8.54. The number of ether oxygens (including phenoxy) is 1. The summed E-state index contributed by atoms with van der Waals surface area (Å²) in [5, 5.41) is 0.981. The maximum Gasteiger partial charge on any atom is 0.355 e. The van der Waals surface area contributed by atoms with E-state index < -0.39 is 0 Å². The molecular formula is C11H9Br2NO2. The molecule has 2 aromatic rings. The molecule has 5 heteroatoms. The van der Waals surface area contributed by atoms with E-state index in [0.717, 1.165) is 15.4 Å². The minimum Gasteiger partial charge on any atom is -0.461 e. The molecule has 0 N–H and O–H groups in total. The lowest BCUT2D eigenvalue weighted by molar-refractivity contribution is 0.0519. The molecule has 1 heterocycles. The van der Waals surface area contributed by atoms with Crippen LogP contribution in [0, 0.1) is 0 Å². The fraction of sp³-hybridized carbons (Fsp3) is 0.182. The largest absolute Gasteiger partial charge is 0.461 e. The van der Waals surface area contributed by atoms with Crippen LogP contribution in [0.3, 0.4) is 0 Å². The van der Waals surface area contributed by atoms with Crippen molar-refractivity contribution in [1.29, 1.82) is 0 Å². The molecule has 0 saturated carbocycles. The third kappa shape index (κ3) is 2.01. The summed E-state index contributed by atoms with van der Waals surface area (Å²) >= 11 is 6.74. The molecule has 1 aromatic heterocycles. The van der Waals surface area contributed by atoms with E-state index in [0.29, 0.717) is 12.3 Å². The number of halogens is 2. The number of fused-ring (bicyclic) bond motifs is 1. The molecule has 0 atom stereocenters. The first-order valence-electron chi connectivity index (χ1n) is 4.77. The molecule has 0 fully saturated rings. The third-order valence-electron chi connectivity index (χ3n) is 2.19. The van der Waals surface area contributed by atoms with Gasteiger partial charge in [0.15, 0.2) is 0 Å². The Morgan fingerprint density at radius 2 is 2.19 bits per heavy atom. The number of hydrogen-bond donors (Lipinski definition) is 0. The van der Waals surface area contributed by atoms with Crippen LogP contribution in [0.25, 0.3) is 10.9 Å². The predicted octanol–water partition coefficient (Wildman–Crippen LogP) is 3.74. The van der Waals surface area contributed by atoms with Crippen LogP contribution in [0.5, 0.6) is 0 Å². The average Bonchev–Trinajstić information content (AvgIpc) is 2.56. The highest BCUT2D eigenvalue weighted by Gasteiger charge is 2.15. The molecule has 0 aliphatic heterocycles. The lowest BCUT2D eigenvalue weighted by Gasteiger charge is -2.01. The molecule has 0 aliphatic rings. The number of benzene rings is 1. The van der Waals surface area contributed by atoms with Gasteiger partial charge < -0.3 is 4.74 Å². The van der Waals surface area contributed by atoms with Gasteiger partial charge in [-0.2, -0.15) is 0 Å². The molecule has 2 rings (SSSR count). The van der Waals surface area contributed by atoms with Gasteiger partial charge in [0.25, 0.3) is 0 Å². The quantitative estimate of drug-likeness (QED) is 0.775. The van der Waals surface area contributed by atoms with Crippen molar-refractivity contribution in [3.63, 3.8) is 0 Å². The van der Waals surface area contributed by atoms with E-state index >= 15 is 0 Å². The van der Waals surface area contributed by atoms with Crippen molar-refractivity contribution < 1.29 is 9.53 Å². The van der Waals surface area contributed by atoms with E-state index in [1.54, 1.807) is 16.6 Å². The Kier molecular flexibility index (Phi) is 3.35. The van der Waals surface area contributed by atoms with Gasteiger partial charge in [-0.25, -0.2) is 4.79 Å². The van der Waals surface area contributed by atoms with Gasteiger partial charge in [0.2, 0.25) is 0 Å². The molecule has 16 heavy (non-hydrogen) atoms. The summed E-state index contributed by atoms with van der Waals surface area (Å²) in [6, 6.07) is 7.61. The van der Waals surface area contributed by atoms with Gasteiger partial charge in [-0.05, 0) is 31.2 Å². The molecule has 3 nitrogen and oxygen atoms in total. The minimum atomic E-state index is -0.327. The second-order valence-corrected chi connectivity index (χ2v) is 4.86. The molecule has 0 amide bonds. The lowest BCUT2D eigenvalue weighted by atomic mass is 10.2. The van der Waals surface area contributed by atoms with Gasteiger partial charge in [-0.15, -0.1) is 0 Å². The van der Waals surface area contributed by atoms with E-state index in [-0.39, 0.29) is 5.97 Å². The number of carbonyl (C=O) groups excluding carboxylic acids is 1. The SMILES string of the molecule is CCOC(=O)c1cc2cc(Br)ccc2n1Br. The molecule has 84 valence electrons. The fourth-order valence-corrected chi connectivity index (χ4v) is 2.45. The first-order chi connectivity index (χ1) is 7.63. The number of rotatable bonds is 2. The van der Waals surface area contributed by atoms with Crippen molar-refractivity contribution >= 4 is 48.9 Å². The summed E-state index contributed by atoms with van der Waals surface area (Å²) in [6.07, 6.45) is 0. The Morgan fingerprint density at radius 3 is 2.88 bits per heavy atom. The number of aromatic nitrogens is 1. The Labute approximate surface area is 110 Å². The lowest BCUT2D eigenvalue weighted by Crippen LogP contribution is -2.07. The normalized spacial score (nSPS) is 10.7. The maximum absolute atomic E-state index is 11.6. The van der Waals surface area contributed by atoms with Gasteiger partial charge >= 0.3 is 5.97 Å². The van der Waals surface area contributed by atoms with E-state index in [1.165, 1.54) is 0 Å². The summed E-state index contributed by atoms with van der Waals surface area (Å²) in [7, 11) is 0. The summed E-state index contributed by atoms with van der Waals surface area (Å²) < 4.78 is 7.61. The van der Waals surface area contributed by atoms with Crippen LogP contribution < -0.4 is 0 Å². The standard InChI is InChI=1S/C11H9Br2NO2/c1-2-16-11(15)10-6-7-5-8(12)3-4-9(7)14(10)13/h3-6H,2H2,1H3. The van der Waals surface area contributed by atoms with Crippen LogP contribution in [-0.2, 0) is 4.74 Å². The Morgan fingerprint density at radius 1 is 1.44 bits per heavy atom. The summed E-state index contributed by atoms with van der Waals surface area (Å²) in [6.45, 7) is 2.16. The van der Waals surface area contributed by atoms with Crippen LogP contribution >= 0.6 is 32.1 Å². The Balaban J connectivity index is 2.55. The topological polar surface area (TPSA) is 31.2 Å². The van der Waals surface area contributed by atoms with Crippen molar-refractivity contribution in [1.82, 2.24) is 3.59 Å². The van der Waals surface area contributed by atoms with Crippen molar-refractivity contribution in [2.24, 2.45) is 0 Å². The van der Waals surface area contributed by atoms with Crippen LogP contribution in [0.2, 0.25) is 0 Å². The highest BCUT2D eigenvalue weighted by atomic mass is 79.9. The van der Waals surface area contributed by atoms with Crippen LogP contribution in [-0.4, -0.2) is 16.2 Å². The van der Waals surface area contributed by atoms with E-state index in [4.69, 9.17) is 4.74 Å². The Hall–Kier alpha value is -0.810. The smallest absolute Gasteiger partial charge is 0.355 e. The van der Waals surface area contributed by atoms with Crippen molar-refractivity contribution in [3.8, 4) is 0 Å². The zero-order chi connectivity index (χ0) is 11.7. The van der Waals surface area contributed by atoms with Gasteiger partial charge in [0.05, 0.1) is 28.3 Å². The minimum absolute atomic E-state index is 0.327. The number of nitrogens with zero attached hydrogens (tertiary/aromatic N) is 1. The van der Waals surface area contributed by atoms with Gasteiger partial charge in [-0.1, -0.05) is 15.9 Å². The fourth-order valence-electron chi connectivity index (χ4n) is 1.50.